The van der Waals surface area contributed by atoms with Gasteiger partial charge in [0.05, 0.1) is 16.5 Å². The number of amides is 1. The molecular weight excluding hydrogens is 611 g/mol. The second kappa shape index (κ2) is 11.0. The molecule has 1 aliphatic rings. The number of carbonyl (C=O) groups excluding carboxylic acids is 2. The first kappa shape index (κ1) is 26.7. The van der Waals surface area contributed by atoms with Gasteiger partial charge in [-0.2, -0.15) is 0 Å². The van der Waals surface area contributed by atoms with Crippen molar-refractivity contribution in [2.45, 2.75) is 16.1 Å². The fourth-order valence-electron chi connectivity index (χ4n) is 4.00. The molecule has 0 aliphatic carbocycles. The predicted molar refractivity (Wildman–Crippen MR) is 148 cm³/mol. The SMILES string of the molecule is O=C1C(=O)N(c2nnc(SCc3ccc(F)cc3)s2)C(c2cccc([N+](=O)[O-])c2)/C1=C(/O)c1ccc(Br)cc1. The van der Waals surface area contributed by atoms with Crippen molar-refractivity contribution in [2.75, 3.05) is 4.90 Å². The summed E-state index contributed by atoms with van der Waals surface area (Å²) in [5, 5.41) is 31.0. The molecule has 13 heteroatoms. The van der Waals surface area contributed by atoms with Gasteiger partial charge in [-0.1, -0.05) is 75.4 Å². The van der Waals surface area contributed by atoms with Crippen LogP contribution in [0, 0.1) is 15.9 Å². The van der Waals surface area contributed by atoms with Crippen molar-refractivity contribution in [3.8, 4) is 0 Å². The van der Waals surface area contributed by atoms with E-state index in [0.29, 0.717) is 15.7 Å². The number of non-ortho nitro benzene ring substituents is 1. The molecule has 1 unspecified atom stereocenters. The van der Waals surface area contributed by atoms with Gasteiger partial charge in [0.2, 0.25) is 5.13 Å². The first-order chi connectivity index (χ1) is 18.7. The standard InChI is InChI=1S/C26H16BrFN4O5S2/c27-17-8-6-15(7-9-17)22(33)20-21(16-2-1-3-19(12-16)32(36)37)31(24(35)23(20)34)25-29-30-26(39-25)38-13-14-4-10-18(28)11-5-14/h1-12,21,33H,13H2/b22-20-. The number of nitro benzene ring substituents is 1. The number of rotatable bonds is 7. The topological polar surface area (TPSA) is 127 Å². The highest BCUT2D eigenvalue weighted by atomic mass is 79.9. The van der Waals surface area contributed by atoms with E-state index in [9.17, 15) is 29.2 Å². The number of halogens is 2. The molecule has 1 aromatic heterocycles. The summed E-state index contributed by atoms with van der Waals surface area (Å²) in [6.07, 6.45) is 0. The van der Waals surface area contributed by atoms with Crippen LogP contribution in [-0.4, -0.2) is 31.9 Å². The molecule has 4 aromatic rings. The van der Waals surface area contributed by atoms with Crippen LogP contribution in [-0.2, 0) is 15.3 Å². The van der Waals surface area contributed by atoms with E-state index < -0.39 is 28.4 Å². The number of anilines is 1. The fourth-order valence-corrected chi connectivity index (χ4v) is 6.09. The Hall–Kier alpha value is -3.94. The van der Waals surface area contributed by atoms with E-state index in [1.807, 2.05) is 0 Å². The van der Waals surface area contributed by atoms with Crippen LogP contribution < -0.4 is 4.90 Å². The molecular formula is C26H16BrFN4O5S2. The molecule has 0 bridgehead atoms. The second-order valence-electron chi connectivity index (χ2n) is 8.29. The average molecular weight is 627 g/mol. The Morgan fingerprint density at radius 2 is 1.82 bits per heavy atom. The van der Waals surface area contributed by atoms with Crippen molar-refractivity contribution in [1.82, 2.24) is 10.2 Å². The van der Waals surface area contributed by atoms with E-state index in [1.165, 1.54) is 48.2 Å². The first-order valence-corrected chi connectivity index (χ1v) is 13.8. The summed E-state index contributed by atoms with van der Waals surface area (Å²) in [5.74, 6) is -2.21. The van der Waals surface area contributed by atoms with Crippen LogP contribution in [0.3, 0.4) is 0 Å². The number of nitrogens with zero attached hydrogens (tertiary/aromatic N) is 4. The molecule has 196 valence electrons. The molecule has 1 aliphatic heterocycles. The van der Waals surface area contributed by atoms with Crippen LogP contribution >= 0.6 is 39.0 Å². The number of aromatic nitrogens is 2. The summed E-state index contributed by atoms with van der Waals surface area (Å²) in [6.45, 7) is 0. The van der Waals surface area contributed by atoms with E-state index in [4.69, 9.17) is 0 Å². The Kier molecular flexibility index (Phi) is 7.55. The van der Waals surface area contributed by atoms with Gasteiger partial charge in [0, 0.05) is 27.9 Å². The lowest BCUT2D eigenvalue weighted by Gasteiger charge is -2.22. The first-order valence-electron chi connectivity index (χ1n) is 11.2. The number of carbonyl (C=O) groups is 2. The summed E-state index contributed by atoms with van der Waals surface area (Å²) in [7, 11) is 0. The number of hydrogen-bond donors (Lipinski definition) is 1. The van der Waals surface area contributed by atoms with Crippen molar-refractivity contribution in [2.24, 2.45) is 0 Å². The Labute approximate surface area is 237 Å². The molecule has 1 atom stereocenters. The third-order valence-electron chi connectivity index (χ3n) is 5.84. The minimum absolute atomic E-state index is 0.0880. The third-order valence-corrected chi connectivity index (χ3v) is 8.49. The summed E-state index contributed by atoms with van der Waals surface area (Å²) in [5.41, 5.74) is 0.926. The number of ketones is 1. The van der Waals surface area contributed by atoms with E-state index >= 15 is 0 Å². The normalized spacial score (nSPS) is 16.6. The molecule has 39 heavy (non-hydrogen) atoms. The fraction of sp³-hybridized carbons (Fsp3) is 0.0769. The van der Waals surface area contributed by atoms with E-state index in [-0.39, 0.29) is 27.8 Å². The monoisotopic (exact) mass is 626 g/mol. The smallest absolute Gasteiger partial charge is 0.301 e. The van der Waals surface area contributed by atoms with Gasteiger partial charge in [-0.25, -0.2) is 4.39 Å². The molecule has 0 radical (unpaired) electrons. The minimum atomic E-state index is -1.18. The Morgan fingerprint density at radius 1 is 1.10 bits per heavy atom. The summed E-state index contributed by atoms with van der Waals surface area (Å²) in [4.78, 5) is 38.6. The molecule has 3 aromatic carbocycles. The van der Waals surface area contributed by atoms with Crippen LogP contribution in [0.5, 0.6) is 0 Å². The van der Waals surface area contributed by atoms with Gasteiger partial charge in [0.15, 0.2) is 4.34 Å². The van der Waals surface area contributed by atoms with Gasteiger partial charge in [0.1, 0.15) is 11.6 Å². The van der Waals surface area contributed by atoms with Crippen LogP contribution in [0.25, 0.3) is 5.76 Å². The number of thioether (sulfide) groups is 1. The number of hydrogen-bond acceptors (Lipinski definition) is 9. The Bertz CT molecular complexity index is 1630. The zero-order valence-electron chi connectivity index (χ0n) is 19.7. The van der Waals surface area contributed by atoms with Crippen molar-refractivity contribution < 1.29 is 24.0 Å². The molecule has 1 N–H and O–H groups in total. The number of aliphatic hydroxyl groups excluding tert-OH is 1. The molecule has 2 heterocycles. The average Bonchev–Trinajstić information content (AvgIpc) is 3.50. The Balaban J connectivity index is 1.56. The van der Waals surface area contributed by atoms with Gasteiger partial charge in [-0.3, -0.25) is 24.6 Å². The highest BCUT2D eigenvalue weighted by molar-refractivity contribution is 9.10. The van der Waals surface area contributed by atoms with E-state index in [2.05, 4.69) is 26.1 Å². The number of aliphatic hydroxyl groups is 1. The lowest BCUT2D eigenvalue weighted by Crippen LogP contribution is -2.29. The van der Waals surface area contributed by atoms with E-state index in [0.717, 1.165) is 26.3 Å². The summed E-state index contributed by atoms with van der Waals surface area (Å²) in [6, 6.07) is 16.8. The van der Waals surface area contributed by atoms with E-state index in [1.54, 1.807) is 36.4 Å². The van der Waals surface area contributed by atoms with Crippen molar-refractivity contribution >= 4 is 67.3 Å². The summed E-state index contributed by atoms with van der Waals surface area (Å²) >= 11 is 5.69. The second-order valence-corrected chi connectivity index (χ2v) is 11.4. The zero-order chi connectivity index (χ0) is 27.7. The molecule has 5 rings (SSSR count). The van der Waals surface area contributed by atoms with Gasteiger partial charge >= 0.3 is 5.91 Å². The minimum Gasteiger partial charge on any atom is -0.507 e. The maximum Gasteiger partial charge on any atom is 0.301 e. The Morgan fingerprint density at radius 3 is 2.51 bits per heavy atom. The molecule has 0 saturated carbocycles. The van der Waals surface area contributed by atoms with Gasteiger partial charge in [-0.15, -0.1) is 10.2 Å². The van der Waals surface area contributed by atoms with Crippen molar-refractivity contribution in [3.05, 3.63) is 115 Å². The largest absolute Gasteiger partial charge is 0.507 e. The number of Topliss-reactive ketones (excluding diaryl/α,β-unsaturated/α-hetero) is 1. The van der Waals surface area contributed by atoms with Crippen LogP contribution in [0.2, 0.25) is 0 Å². The lowest BCUT2D eigenvalue weighted by molar-refractivity contribution is -0.384. The van der Waals surface area contributed by atoms with Gasteiger partial charge in [-0.05, 0) is 35.4 Å². The highest BCUT2D eigenvalue weighted by Crippen LogP contribution is 2.44. The molecule has 0 spiro atoms. The number of nitro groups is 1. The van der Waals surface area contributed by atoms with Gasteiger partial charge in [0.25, 0.3) is 11.5 Å². The molecule has 9 nitrogen and oxygen atoms in total. The molecule has 1 saturated heterocycles. The highest BCUT2D eigenvalue weighted by Gasteiger charge is 2.48. The maximum absolute atomic E-state index is 13.3. The quantitative estimate of drug-likeness (QED) is 0.0484. The predicted octanol–water partition coefficient (Wildman–Crippen LogP) is 6.27. The molecule has 1 fully saturated rings. The van der Waals surface area contributed by atoms with Crippen LogP contribution in [0.15, 0.2) is 87.2 Å². The molecule has 1 amide bonds. The van der Waals surface area contributed by atoms with Crippen LogP contribution in [0.4, 0.5) is 15.2 Å². The zero-order valence-corrected chi connectivity index (χ0v) is 22.9. The maximum atomic E-state index is 13.3. The van der Waals surface area contributed by atoms with Crippen LogP contribution in [0.1, 0.15) is 22.7 Å². The third kappa shape index (κ3) is 5.46. The number of benzene rings is 3. The van der Waals surface area contributed by atoms with Crippen molar-refractivity contribution in [1.29, 1.82) is 0 Å². The summed E-state index contributed by atoms with van der Waals surface area (Å²) < 4.78 is 14.4. The van der Waals surface area contributed by atoms with Crippen molar-refractivity contribution in [3.63, 3.8) is 0 Å². The van der Waals surface area contributed by atoms with Gasteiger partial charge < -0.3 is 5.11 Å². The lowest BCUT2D eigenvalue weighted by atomic mass is 9.95.